The van der Waals surface area contributed by atoms with Gasteiger partial charge in [0.15, 0.2) is 0 Å². The Bertz CT molecular complexity index is 599. The summed E-state index contributed by atoms with van der Waals surface area (Å²) in [5, 5.41) is 8.38. The zero-order chi connectivity index (χ0) is 19.0. The molecule has 2 amide bonds. The second kappa shape index (κ2) is 9.54. The van der Waals surface area contributed by atoms with Crippen LogP contribution in [0.5, 0.6) is 0 Å². The number of benzene rings is 1. The van der Waals surface area contributed by atoms with Crippen LogP contribution in [0.2, 0.25) is 0 Å². The van der Waals surface area contributed by atoms with Gasteiger partial charge in [0, 0.05) is 38.3 Å². The lowest BCUT2D eigenvalue weighted by atomic mass is 10.1. The van der Waals surface area contributed by atoms with Gasteiger partial charge in [0.05, 0.1) is 12.1 Å². The summed E-state index contributed by atoms with van der Waals surface area (Å²) in [6, 6.07) is 3.85. The van der Waals surface area contributed by atoms with E-state index < -0.39 is 17.6 Å². The van der Waals surface area contributed by atoms with Gasteiger partial charge in [0.25, 0.3) is 5.91 Å². The van der Waals surface area contributed by atoms with Crippen LogP contribution in [-0.2, 0) is 11.0 Å². The Morgan fingerprint density at radius 3 is 2.35 bits per heavy atom. The topological polar surface area (TPSA) is 73.5 Å². The second-order valence-electron chi connectivity index (χ2n) is 6.05. The number of halogens is 3. The molecule has 1 aliphatic heterocycles. The maximum atomic E-state index is 12.5. The molecule has 6 nitrogen and oxygen atoms in total. The van der Waals surface area contributed by atoms with E-state index in [1.54, 1.807) is 0 Å². The van der Waals surface area contributed by atoms with Crippen molar-refractivity contribution in [3.05, 3.63) is 35.4 Å². The van der Waals surface area contributed by atoms with Gasteiger partial charge in [-0.2, -0.15) is 13.2 Å². The molecule has 0 aromatic heterocycles. The Balaban J connectivity index is 1.64. The predicted molar refractivity (Wildman–Crippen MR) is 90.7 cm³/mol. The number of piperazine rings is 1. The summed E-state index contributed by atoms with van der Waals surface area (Å²) < 4.78 is 37.4. The molecule has 1 saturated heterocycles. The van der Waals surface area contributed by atoms with Crippen LogP contribution >= 0.6 is 0 Å². The number of carbonyl (C=O) groups excluding carboxylic acids is 2. The molecule has 1 aromatic carbocycles. The highest BCUT2D eigenvalue weighted by Gasteiger charge is 2.30. The zero-order valence-corrected chi connectivity index (χ0v) is 14.4. The predicted octanol–water partition coefficient (Wildman–Crippen LogP) is 0.847. The summed E-state index contributed by atoms with van der Waals surface area (Å²) in [5.74, 6) is -0.916. The van der Waals surface area contributed by atoms with Crippen LogP contribution in [0, 0.1) is 0 Å². The molecule has 0 bridgehead atoms. The fraction of sp³-hybridized carbons (Fsp3) is 0.529. The van der Waals surface area contributed by atoms with E-state index in [2.05, 4.69) is 20.9 Å². The summed E-state index contributed by atoms with van der Waals surface area (Å²) in [6.45, 7) is 5.14. The molecule has 9 heteroatoms. The second-order valence-corrected chi connectivity index (χ2v) is 6.05. The molecule has 2 rings (SSSR count). The van der Waals surface area contributed by atoms with Crippen molar-refractivity contribution in [2.45, 2.75) is 12.6 Å². The Labute approximate surface area is 150 Å². The third kappa shape index (κ3) is 6.64. The minimum absolute atomic E-state index is 0.0736. The molecule has 0 unspecified atom stereocenters. The van der Waals surface area contributed by atoms with Gasteiger partial charge >= 0.3 is 6.18 Å². The average Bonchev–Trinajstić information content (AvgIpc) is 2.63. The first-order chi connectivity index (χ1) is 12.4. The summed E-state index contributed by atoms with van der Waals surface area (Å²) >= 11 is 0. The van der Waals surface area contributed by atoms with Crippen molar-refractivity contribution in [2.24, 2.45) is 0 Å². The highest BCUT2D eigenvalue weighted by Crippen LogP contribution is 2.28. The summed E-state index contributed by atoms with van der Waals surface area (Å²) in [6.07, 6.45) is -3.63. The molecule has 1 aromatic rings. The van der Waals surface area contributed by atoms with Crippen molar-refractivity contribution >= 4 is 11.8 Å². The Morgan fingerprint density at radius 1 is 1.08 bits per heavy atom. The van der Waals surface area contributed by atoms with Crippen LogP contribution in [0.3, 0.4) is 0 Å². The van der Waals surface area contributed by atoms with Gasteiger partial charge in [0.2, 0.25) is 5.91 Å². The van der Waals surface area contributed by atoms with Crippen molar-refractivity contribution in [2.75, 3.05) is 45.8 Å². The van der Waals surface area contributed by atoms with E-state index in [0.29, 0.717) is 6.54 Å². The number of nitrogens with zero attached hydrogens (tertiary/aromatic N) is 1. The van der Waals surface area contributed by atoms with Crippen molar-refractivity contribution in [1.82, 2.24) is 20.9 Å². The molecule has 144 valence electrons. The van der Waals surface area contributed by atoms with Crippen LogP contribution < -0.4 is 16.0 Å². The number of carbonyl (C=O) groups is 2. The molecule has 0 aliphatic carbocycles. The monoisotopic (exact) mass is 372 g/mol. The van der Waals surface area contributed by atoms with Crippen molar-refractivity contribution in [3.8, 4) is 0 Å². The molecule has 1 heterocycles. The number of hydrogen-bond acceptors (Lipinski definition) is 4. The smallest absolute Gasteiger partial charge is 0.355 e. The lowest BCUT2D eigenvalue weighted by molar-refractivity contribution is -0.137. The molecule has 0 spiro atoms. The average molecular weight is 372 g/mol. The van der Waals surface area contributed by atoms with Gasteiger partial charge in [0.1, 0.15) is 0 Å². The van der Waals surface area contributed by atoms with E-state index in [1.165, 1.54) is 0 Å². The summed E-state index contributed by atoms with van der Waals surface area (Å²) in [4.78, 5) is 25.9. The third-order valence-corrected chi connectivity index (χ3v) is 4.07. The zero-order valence-electron chi connectivity index (χ0n) is 14.4. The number of amides is 2. The minimum Gasteiger partial charge on any atom is -0.355 e. The first-order valence-electron chi connectivity index (χ1n) is 8.51. The van der Waals surface area contributed by atoms with Gasteiger partial charge in [-0.1, -0.05) is 0 Å². The van der Waals surface area contributed by atoms with E-state index in [1.807, 2.05) is 0 Å². The van der Waals surface area contributed by atoms with Crippen molar-refractivity contribution in [1.29, 1.82) is 0 Å². The Kier molecular flexibility index (Phi) is 7.40. The highest BCUT2D eigenvalue weighted by molar-refractivity contribution is 5.96. The van der Waals surface area contributed by atoms with Gasteiger partial charge in [-0.25, -0.2) is 0 Å². The number of hydrogen-bond donors (Lipinski definition) is 3. The first kappa shape index (κ1) is 20.2. The summed E-state index contributed by atoms with van der Waals surface area (Å²) in [5.41, 5.74) is -0.749. The van der Waals surface area contributed by atoms with Gasteiger partial charge in [-0.05, 0) is 37.2 Å². The van der Waals surface area contributed by atoms with E-state index >= 15 is 0 Å². The van der Waals surface area contributed by atoms with E-state index in [4.69, 9.17) is 0 Å². The van der Waals surface area contributed by atoms with Crippen LogP contribution in [0.25, 0.3) is 0 Å². The SMILES string of the molecule is O=C(CNC(=O)c1ccc(C(F)(F)F)cc1)NCCCN1CCNCC1. The molecule has 26 heavy (non-hydrogen) atoms. The Morgan fingerprint density at radius 2 is 1.73 bits per heavy atom. The largest absolute Gasteiger partial charge is 0.416 e. The molecule has 0 saturated carbocycles. The molecule has 3 N–H and O–H groups in total. The van der Waals surface area contributed by atoms with E-state index in [-0.39, 0.29) is 18.0 Å². The molecule has 1 aliphatic rings. The van der Waals surface area contributed by atoms with Gasteiger partial charge in [-0.15, -0.1) is 0 Å². The third-order valence-electron chi connectivity index (χ3n) is 4.07. The van der Waals surface area contributed by atoms with E-state index in [0.717, 1.165) is 63.4 Å². The lowest BCUT2D eigenvalue weighted by Crippen LogP contribution is -2.44. The summed E-state index contributed by atoms with van der Waals surface area (Å²) in [7, 11) is 0. The Hall–Kier alpha value is -2.13. The standard InChI is InChI=1S/C17H23F3N4O2/c18-17(19,20)14-4-2-13(3-5-14)16(26)23-12-15(25)22-6-1-9-24-10-7-21-8-11-24/h2-5,21H,1,6-12H2,(H,22,25)(H,23,26). The maximum absolute atomic E-state index is 12.5. The first-order valence-corrected chi connectivity index (χ1v) is 8.51. The minimum atomic E-state index is -4.44. The fourth-order valence-corrected chi connectivity index (χ4v) is 2.60. The lowest BCUT2D eigenvalue weighted by Gasteiger charge is -2.27. The normalized spacial score (nSPS) is 15.5. The van der Waals surface area contributed by atoms with Crippen LogP contribution in [-0.4, -0.2) is 62.5 Å². The molecule has 0 atom stereocenters. The van der Waals surface area contributed by atoms with E-state index in [9.17, 15) is 22.8 Å². The van der Waals surface area contributed by atoms with Crippen LogP contribution in [0.15, 0.2) is 24.3 Å². The fourth-order valence-electron chi connectivity index (χ4n) is 2.60. The van der Waals surface area contributed by atoms with Crippen molar-refractivity contribution < 1.29 is 22.8 Å². The number of alkyl halides is 3. The van der Waals surface area contributed by atoms with Crippen LogP contribution in [0.1, 0.15) is 22.3 Å². The van der Waals surface area contributed by atoms with Crippen molar-refractivity contribution in [3.63, 3.8) is 0 Å². The van der Waals surface area contributed by atoms with Gasteiger partial charge < -0.3 is 20.9 Å². The quantitative estimate of drug-likeness (QED) is 0.621. The van der Waals surface area contributed by atoms with Gasteiger partial charge in [-0.3, -0.25) is 9.59 Å². The molecular formula is C17H23F3N4O2. The highest BCUT2D eigenvalue weighted by atomic mass is 19.4. The maximum Gasteiger partial charge on any atom is 0.416 e. The number of rotatable bonds is 7. The molecular weight excluding hydrogens is 349 g/mol. The molecule has 0 radical (unpaired) electrons. The van der Waals surface area contributed by atoms with Crippen LogP contribution in [0.4, 0.5) is 13.2 Å². The number of nitrogens with one attached hydrogen (secondary N) is 3. The molecule has 1 fully saturated rings.